The van der Waals surface area contributed by atoms with Gasteiger partial charge in [0.25, 0.3) is 40.5 Å². The Bertz CT molecular complexity index is 1580. The Morgan fingerprint density at radius 1 is 0.464 bits per heavy atom. The maximum absolute atomic E-state index is 10.5. The molecule has 2 N–H and O–H groups in total. The number of rotatable bonds is 35. The monoisotopic (exact) mass is 1130 g/mol. The molecule has 0 bridgehead atoms. The third-order valence-corrected chi connectivity index (χ3v) is 8.28. The number of amides is 2. The van der Waals surface area contributed by atoms with Gasteiger partial charge in [0.15, 0.2) is 0 Å². The molecule has 0 spiro atoms. The zero-order valence-electron chi connectivity index (χ0n) is 41.0. The highest BCUT2D eigenvalue weighted by Crippen LogP contribution is 1.91. The van der Waals surface area contributed by atoms with Crippen molar-refractivity contribution < 1.29 is 102 Å². The predicted octanol–water partition coefficient (Wildman–Crippen LogP) is -0.600. The second-order valence-corrected chi connectivity index (χ2v) is 21.7. The van der Waals surface area contributed by atoms with Crippen LogP contribution in [0.4, 0.5) is 0 Å². The molecule has 0 saturated carbocycles. The fourth-order valence-corrected chi connectivity index (χ4v) is 4.45. The zero-order valence-corrected chi connectivity index (χ0v) is 45.8. The number of aliphatic hydroxyl groups excluding tert-OH is 2. The topological polar surface area (TPSA) is 346 Å². The fraction of sp³-hybridized carbons (Fsp3) is 0.757. The summed E-state index contributed by atoms with van der Waals surface area (Å²) in [6, 6.07) is 0. The van der Waals surface area contributed by atoms with Gasteiger partial charge in [-0.15, -0.1) is 6.58 Å². The molecule has 416 valence electrons. The van der Waals surface area contributed by atoms with Gasteiger partial charge in [-0.3, -0.25) is 26.3 Å². The van der Waals surface area contributed by atoms with Crippen LogP contribution >= 0.6 is 10.7 Å². The van der Waals surface area contributed by atoms with Crippen LogP contribution < -0.4 is 0 Å². The summed E-state index contributed by atoms with van der Waals surface area (Å²) in [6.45, 7) is 22.6. The van der Waals surface area contributed by atoms with E-state index in [4.69, 9.17) is 24.4 Å². The highest BCUT2D eigenvalue weighted by Gasteiger charge is 2.04. The Hall–Kier alpha value is -2.57. The summed E-state index contributed by atoms with van der Waals surface area (Å²) in [5, 5.41) is 16.2. The molecule has 0 aliphatic rings. The largest absolute Gasteiger partial charge is 0.394 e. The first-order chi connectivity index (χ1) is 31.9. The summed E-state index contributed by atoms with van der Waals surface area (Å²) in [4.78, 5) is 35.1. The van der Waals surface area contributed by atoms with Crippen LogP contribution in [0, 0.1) is 0 Å². The minimum atomic E-state index is -3.45. The van der Waals surface area contributed by atoms with Gasteiger partial charge >= 0.3 is 0 Å². The van der Waals surface area contributed by atoms with Gasteiger partial charge in [0, 0.05) is 30.2 Å². The van der Waals surface area contributed by atoms with Gasteiger partial charge in [-0.2, -0.15) is 33.7 Å². The third-order valence-electron chi connectivity index (χ3n) is 5.90. The Morgan fingerprint density at radius 2 is 0.710 bits per heavy atom. The van der Waals surface area contributed by atoms with E-state index >= 15 is 0 Å². The first kappa shape index (κ1) is 80.5. The van der Waals surface area contributed by atoms with Gasteiger partial charge in [-0.25, -0.2) is 8.42 Å². The molecule has 0 rings (SSSR count). The first-order valence-corrected chi connectivity index (χ1v) is 30.1. The number of aldehydes is 1. The highest BCUT2D eigenvalue weighted by molar-refractivity contribution is 8.13. The van der Waals surface area contributed by atoms with E-state index in [9.17, 15) is 56.5 Å². The molecule has 0 aromatic heterocycles. The van der Waals surface area contributed by atoms with Gasteiger partial charge in [-0.05, 0) is 32.0 Å². The van der Waals surface area contributed by atoms with Crippen LogP contribution in [0.1, 0.15) is 27.2 Å². The zero-order chi connectivity index (χ0) is 55.3. The quantitative estimate of drug-likeness (QED) is 0.0263. The molecule has 0 unspecified atom stereocenters. The van der Waals surface area contributed by atoms with E-state index in [0.717, 1.165) is 37.6 Å². The molecule has 0 heterocycles. The molecule has 32 heteroatoms. The van der Waals surface area contributed by atoms with Crippen molar-refractivity contribution in [1.82, 2.24) is 14.7 Å². The van der Waals surface area contributed by atoms with Crippen molar-refractivity contribution in [1.29, 1.82) is 0 Å². The minimum Gasteiger partial charge on any atom is -0.394 e. The van der Waals surface area contributed by atoms with Crippen molar-refractivity contribution in [2.45, 2.75) is 27.2 Å². The van der Waals surface area contributed by atoms with Crippen molar-refractivity contribution >= 4 is 79.3 Å². The van der Waals surface area contributed by atoms with Crippen LogP contribution in [0.2, 0.25) is 0 Å². The molecule has 0 saturated heterocycles. The molecule has 26 nitrogen and oxygen atoms in total. The van der Waals surface area contributed by atoms with E-state index < -0.39 is 49.5 Å². The maximum atomic E-state index is 10.5. The van der Waals surface area contributed by atoms with E-state index in [0.29, 0.717) is 58.8 Å². The predicted molar refractivity (Wildman–Crippen MR) is 262 cm³/mol. The number of aliphatic hydroxyl groups is 2. The summed E-state index contributed by atoms with van der Waals surface area (Å²) in [5.41, 5.74) is 0. The maximum Gasteiger partial charge on any atom is 0.264 e. The fourth-order valence-electron chi connectivity index (χ4n) is 2.97. The molecule has 0 aromatic rings. The molecule has 0 aromatic carbocycles. The van der Waals surface area contributed by atoms with E-state index in [-0.39, 0.29) is 66.1 Å². The lowest BCUT2D eigenvalue weighted by molar-refractivity contribution is -0.116. The van der Waals surface area contributed by atoms with E-state index in [1.54, 1.807) is 6.08 Å². The summed E-state index contributed by atoms with van der Waals surface area (Å²) in [5.74, 6) is 0. The van der Waals surface area contributed by atoms with Crippen LogP contribution in [0.25, 0.3) is 0 Å². The minimum absolute atomic E-state index is 0.0278. The van der Waals surface area contributed by atoms with Crippen LogP contribution in [-0.4, -0.2) is 243 Å². The lowest BCUT2D eigenvalue weighted by Gasteiger charge is -2.13. The second-order valence-electron chi connectivity index (χ2n) is 12.0. The van der Waals surface area contributed by atoms with Gasteiger partial charge in [0.2, 0.25) is 21.9 Å². The normalized spacial score (nSPS) is 10.9. The standard InChI is InChI=1S/C10H16N2O3.C6H15N.2C6H14O7S2.C4H10O3.C4H6O.CH3ClO2S/c1-3-11(9-13)5-7-15-8-6-12(4-2)10-14;1-4-7(5-2)6-3;2*1-14(7,8)12-5-3-11-4-6-13-15(2,9)10;5-1-3-7-4-2-6;1-2-3-4-5;1-5(2,3)4/h3-4,9-10H,1-2,5-8H2;4-6H2,1-3H3;2*3-6H2,1-2H3;5-6H,1-4H2;2,4H,1,3H2;1H3. The second kappa shape index (κ2) is 54.8. The lowest BCUT2D eigenvalue weighted by Crippen LogP contribution is -2.24. The number of carbonyl (C=O) groups is 3. The van der Waals surface area contributed by atoms with Crippen molar-refractivity contribution in [2.75, 3.05) is 156 Å². The molecule has 0 fully saturated rings. The summed E-state index contributed by atoms with van der Waals surface area (Å²) in [7, 11) is -12.5. The Balaban J connectivity index is -0.000000136. The van der Waals surface area contributed by atoms with E-state index in [1.807, 2.05) is 0 Å². The average molecular weight is 1130 g/mol. The molecule has 0 aliphatic heterocycles. The summed E-state index contributed by atoms with van der Waals surface area (Å²) in [6.07, 6.45) is 11.7. The van der Waals surface area contributed by atoms with Crippen LogP contribution in [0.15, 0.2) is 38.2 Å². The number of ether oxygens (including phenoxy) is 4. The smallest absolute Gasteiger partial charge is 0.264 e. The van der Waals surface area contributed by atoms with E-state index in [1.165, 1.54) is 41.8 Å². The average Bonchev–Trinajstić information content (AvgIpc) is 3.23. The van der Waals surface area contributed by atoms with Crippen LogP contribution in [0.3, 0.4) is 0 Å². The number of hydrogen-bond acceptors (Lipinski definition) is 24. The molecule has 69 heavy (non-hydrogen) atoms. The van der Waals surface area contributed by atoms with Crippen molar-refractivity contribution in [3.63, 3.8) is 0 Å². The molecule has 0 aliphatic carbocycles. The Kier molecular flexibility index (Phi) is 63.9. The third kappa shape index (κ3) is 108. The lowest BCUT2D eigenvalue weighted by atomic mass is 10.5. The van der Waals surface area contributed by atoms with Crippen molar-refractivity contribution in [3.05, 3.63) is 38.2 Å². The molecule has 2 amide bonds. The van der Waals surface area contributed by atoms with Crippen LogP contribution in [0.5, 0.6) is 0 Å². The number of halogens is 1. The van der Waals surface area contributed by atoms with Crippen LogP contribution in [-0.2, 0) is 99.6 Å². The Morgan fingerprint density at radius 3 is 0.855 bits per heavy atom. The number of nitrogens with zero attached hydrogens (tertiary/aromatic N) is 3. The van der Waals surface area contributed by atoms with Gasteiger partial charge in [0.1, 0.15) is 6.29 Å². The summed E-state index contributed by atoms with van der Waals surface area (Å²) >= 11 is 0. The number of allylic oxidation sites excluding steroid dienone is 1. The SMILES string of the molecule is C=CCC=O.C=CN(C=O)CCOCCN(C=C)C=O.CCN(CC)CC.CS(=O)(=O)Cl.CS(=O)(=O)OCCOCCOS(C)(=O)=O.CS(=O)(=O)OCCOCCOS(C)(=O)=O.OCCOCCO. The van der Waals surface area contributed by atoms with Crippen molar-refractivity contribution in [3.8, 4) is 0 Å². The highest BCUT2D eigenvalue weighted by atomic mass is 35.7. The summed E-state index contributed by atoms with van der Waals surface area (Å²) < 4.78 is 140. The van der Waals surface area contributed by atoms with Gasteiger partial charge < -0.3 is 48.7 Å². The van der Waals surface area contributed by atoms with E-state index in [2.05, 4.69) is 77.6 Å². The van der Waals surface area contributed by atoms with Crippen molar-refractivity contribution in [2.24, 2.45) is 0 Å². The first-order valence-electron chi connectivity index (χ1n) is 20.1. The number of hydrogen-bond donors (Lipinski definition) is 2. The van der Waals surface area contributed by atoms with Gasteiger partial charge in [-0.1, -0.05) is 40.0 Å². The molecular weight excluding hydrogens is 1050 g/mol. The number of carbonyl (C=O) groups excluding carboxylic acids is 3. The molecule has 0 radical (unpaired) electrons. The molecule has 0 atom stereocenters. The Labute approximate surface area is 416 Å². The van der Waals surface area contributed by atoms with Gasteiger partial charge in [0.05, 0.1) is 124 Å². The molecular formula is C37H78ClN3O23S5.